The number of urea groups is 1. The van der Waals surface area contributed by atoms with E-state index in [1.54, 1.807) is 6.20 Å². The predicted molar refractivity (Wildman–Crippen MR) is 91.1 cm³/mol. The first-order chi connectivity index (χ1) is 11.2. The topological polar surface area (TPSA) is 59.0 Å². The maximum Gasteiger partial charge on any atom is 0.315 e. The van der Waals surface area contributed by atoms with E-state index in [2.05, 4.69) is 40.0 Å². The second-order valence-electron chi connectivity index (χ2n) is 6.17. The van der Waals surface area contributed by atoms with E-state index in [9.17, 15) is 4.79 Å². The predicted octanol–water partition coefficient (Wildman–Crippen LogP) is 2.87. The van der Waals surface area contributed by atoms with E-state index in [1.807, 2.05) is 17.8 Å². The van der Waals surface area contributed by atoms with Gasteiger partial charge in [-0.3, -0.25) is 4.68 Å². The van der Waals surface area contributed by atoms with Crippen LogP contribution in [0.1, 0.15) is 31.2 Å². The number of rotatable bonds is 5. The summed E-state index contributed by atoms with van der Waals surface area (Å²) in [4.78, 5) is 11.8. The first-order valence-electron chi connectivity index (χ1n) is 8.34. The van der Waals surface area contributed by atoms with Crippen LogP contribution in [0.5, 0.6) is 0 Å². The van der Waals surface area contributed by atoms with Crippen molar-refractivity contribution in [1.82, 2.24) is 20.4 Å². The number of aromatic nitrogens is 2. The zero-order valence-electron chi connectivity index (χ0n) is 13.6. The summed E-state index contributed by atoms with van der Waals surface area (Å²) in [6.07, 6.45) is 7.33. The molecule has 2 aromatic rings. The van der Waals surface area contributed by atoms with E-state index in [0.29, 0.717) is 12.6 Å². The van der Waals surface area contributed by atoms with Gasteiger partial charge in [-0.15, -0.1) is 0 Å². The highest BCUT2D eigenvalue weighted by atomic mass is 16.2. The standard InChI is InChI=1S/C18H24N4O/c1-22-17(11-13-20-22)15-8-6-14(7-9-15)10-12-19-18(23)21-16-4-2-3-5-16/h6-9,11,13,16H,2-5,10,12H2,1H3,(H2,19,21,23). The monoisotopic (exact) mass is 312 g/mol. The molecule has 0 aliphatic heterocycles. The van der Waals surface area contributed by atoms with Gasteiger partial charge in [0.05, 0.1) is 5.69 Å². The van der Waals surface area contributed by atoms with E-state index < -0.39 is 0 Å². The molecule has 0 atom stereocenters. The Morgan fingerprint density at radius 2 is 1.96 bits per heavy atom. The first kappa shape index (κ1) is 15.6. The summed E-state index contributed by atoms with van der Waals surface area (Å²) in [5, 5.41) is 10.2. The third kappa shape index (κ3) is 4.12. The van der Waals surface area contributed by atoms with E-state index >= 15 is 0 Å². The fourth-order valence-corrected chi connectivity index (χ4v) is 3.13. The van der Waals surface area contributed by atoms with Crippen LogP contribution in [0.4, 0.5) is 4.79 Å². The number of carbonyl (C=O) groups excluding carboxylic acids is 1. The third-order valence-corrected chi connectivity index (χ3v) is 4.46. The van der Waals surface area contributed by atoms with Gasteiger partial charge in [-0.2, -0.15) is 5.10 Å². The lowest BCUT2D eigenvalue weighted by molar-refractivity contribution is 0.237. The summed E-state index contributed by atoms with van der Waals surface area (Å²) >= 11 is 0. The average molecular weight is 312 g/mol. The molecule has 23 heavy (non-hydrogen) atoms. The van der Waals surface area contributed by atoms with E-state index in [-0.39, 0.29) is 6.03 Å². The fourth-order valence-electron chi connectivity index (χ4n) is 3.13. The molecule has 5 heteroatoms. The first-order valence-corrected chi connectivity index (χ1v) is 8.34. The van der Waals surface area contributed by atoms with E-state index in [1.165, 1.54) is 18.4 Å². The molecule has 122 valence electrons. The summed E-state index contributed by atoms with van der Waals surface area (Å²) in [6.45, 7) is 0.656. The molecular weight excluding hydrogens is 288 g/mol. The molecule has 2 amide bonds. The van der Waals surface area contributed by atoms with Gasteiger partial charge in [0.25, 0.3) is 0 Å². The fraction of sp³-hybridized carbons (Fsp3) is 0.444. The molecule has 3 rings (SSSR count). The van der Waals surface area contributed by atoms with Crippen molar-refractivity contribution in [2.45, 2.75) is 38.1 Å². The van der Waals surface area contributed by atoms with Crippen LogP contribution in [0, 0.1) is 0 Å². The Hall–Kier alpha value is -2.30. The number of hydrogen-bond donors (Lipinski definition) is 2. The van der Waals surface area contributed by atoms with Crippen molar-refractivity contribution in [2.75, 3.05) is 6.54 Å². The molecular formula is C18H24N4O. The lowest BCUT2D eigenvalue weighted by Crippen LogP contribution is -2.41. The van der Waals surface area contributed by atoms with Crippen molar-refractivity contribution < 1.29 is 4.79 Å². The van der Waals surface area contributed by atoms with Crippen LogP contribution in [0.2, 0.25) is 0 Å². The third-order valence-electron chi connectivity index (χ3n) is 4.46. The van der Waals surface area contributed by atoms with Crippen molar-refractivity contribution in [3.8, 4) is 11.3 Å². The molecule has 1 aromatic carbocycles. The van der Waals surface area contributed by atoms with Gasteiger partial charge in [0.1, 0.15) is 0 Å². The van der Waals surface area contributed by atoms with Gasteiger partial charge in [0.15, 0.2) is 0 Å². The SMILES string of the molecule is Cn1nccc1-c1ccc(CCNC(=O)NC2CCCC2)cc1. The van der Waals surface area contributed by atoms with Gasteiger partial charge in [-0.1, -0.05) is 37.1 Å². The second-order valence-corrected chi connectivity index (χ2v) is 6.17. The van der Waals surface area contributed by atoms with Crippen LogP contribution in [-0.2, 0) is 13.5 Å². The van der Waals surface area contributed by atoms with Gasteiger partial charge in [-0.05, 0) is 36.5 Å². The number of nitrogens with zero attached hydrogens (tertiary/aromatic N) is 2. The van der Waals surface area contributed by atoms with Crippen molar-refractivity contribution in [2.24, 2.45) is 7.05 Å². The van der Waals surface area contributed by atoms with Crippen LogP contribution in [0.3, 0.4) is 0 Å². The molecule has 1 heterocycles. The Kier molecular flexibility index (Phi) is 4.95. The molecule has 0 saturated heterocycles. The van der Waals surface area contributed by atoms with Crippen LogP contribution >= 0.6 is 0 Å². The Balaban J connectivity index is 1.45. The normalized spacial score (nSPS) is 14.8. The average Bonchev–Trinajstić information content (AvgIpc) is 3.20. The Labute approximate surface area is 137 Å². The van der Waals surface area contributed by atoms with Gasteiger partial charge in [0, 0.05) is 25.8 Å². The lowest BCUT2D eigenvalue weighted by Gasteiger charge is -2.13. The van der Waals surface area contributed by atoms with Crippen LogP contribution < -0.4 is 10.6 Å². The highest BCUT2D eigenvalue weighted by Gasteiger charge is 2.16. The molecule has 0 bridgehead atoms. The molecule has 1 saturated carbocycles. The molecule has 1 fully saturated rings. The molecule has 2 N–H and O–H groups in total. The number of aryl methyl sites for hydroxylation is 1. The lowest BCUT2D eigenvalue weighted by atomic mass is 10.1. The van der Waals surface area contributed by atoms with Crippen molar-refractivity contribution in [3.63, 3.8) is 0 Å². The Morgan fingerprint density at radius 1 is 1.22 bits per heavy atom. The largest absolute Gasteiger partial charge is 0.338 e. The maximum atomic E-state index is 11.8. The summed E-state index contributed by atoms with van der Waals surface area (Å²) in [7, 11) is 1.94. The second kappa shape index (κ2) is 7.31. The van der Waals surface area contributed by atoms with Gasteiger partial charge >= 0.3 is 6.03 Å². The zero-order chi connectivity index (χ0) is 16.1. The smallest absolute Gasteiger partial charge is 0.315 e. The summed E-state index contributed by atoms with van der Waals surface area (Å²) in [5.74, 6) is 0. The number of benzene rings is 1. The van der Waals surface area contributed by atoms with Gasteiger partial charge in [0.2, 0.25) is 0 Å². The minimum Gasteiger partial charge on any atom is -0.338 e. The molecule has 1 aromatic heterocycles. The van der Waals surface area contributed by atoms with Crippen LogP contribution in [0.25, 0.3) is 11.3 Å². The highest BCUT2D eigenvalue weighted by molar-refractivity contribution is 5.74. The number of amides is 2. The van der Waals surface area contributed by atoms with E-state index in [0.717, 1.165) is 30.5 Å². The molecule has 0 spiro atoms. The van der Waals surface area contributed by atoms with E-state index in [4.69, 9.17) is 0 Å². The summed E-state index contributed by atoms with van der Waals surface area (Å²) < 4.78 is 1.87. The molecule has 1 aliphatic carbocycles. The van der Waals surface area contributed by atoms with Crippen LogP contribution in [-0.4, -0.2) is 28.4 Å². The molecule has 1 aliphatic rings. The summed E-state index contributed by atoms with van der Waals surface area (Å²) in [5.41, 5.74) is 3.48. The number of nitrogens with one attached hydrogen (secondary N) is 2. The Morgan fingerprint density at radius 3 is 2.61 bits per heavy atom. The van der Waals surface area contributed by atoms with Gasteiger partial charge < -0.3 is 10.6 Å². The Bertz CT molecular complexity index is 641. The number of carbonyl (C=O) groups is 1. The maximum absolute atomic E-state index is 11.8. The van der Waals surface area contributed by atoms with Crippen molar-refractivity contribution in [1.29, 1.82) is 0 Å². The highest BCUT2D eigenvalue weighted by Crippen LogP contribution is 2.19. The van der Waals surface area contributed by atoms with Crippen molar-refractivity contribution in [3.05, 3.63) is 42.1 Å². The zero-order valence-corrected chi connectivity index (χ0v) is 13.6. The summed E-state index contributed by atoms with van der Waals surface area (Å²) in [6, 6.07) is 10.8. The van der Waals surface area contributed by atoms with Crippen LogP contribution in [0.15, 0.2) is 36.5 Å². The molecule has 0 unspecified atom stereocenters. The minimum absolute atomic E-state index is 0.0385. The van der Waals surface area contributed by atoms with Crippen molar-refractivity contribution >= 4 is 6.03 Å². The molecule has 5 nitrogen and oxygen atoms in total. The molecule has 0 radical (unpaired) electrons. The van der Waals surface area contributed by atoms with Gasteiger partial charge in [-0.25, -0.2) is 4.79 Å². The number of hydrogen-bond acceptors (Lipinski definition) is 2. The quantitative estimate of drug-likeness (QED) is 0.892. The minimum atomic E-state index is -0.0385.